The van der Waals surface area contributed by atoms with Gasteiger partial charge in [0.05, 0.1) is 23.7 Å². The maximum atomic E-state index is 13.5. The molecule has 0 aliphatic carbocycles. The van der Waals surface area contributed by atoms with Gasteiger partial charge < -0.3 is 10.1 Å². The molecule has 3 aromatic carbocycles. The van der Waals surface area contributed by atoms with Crippen LogP contribution in [0.2, 0.25) is 0 Å². The van der Waals surface area contributed by atoms with Gasteiger partial charge in [-0.25, -0.2) is 9.55 Å². The molecule has 0 amide bonds. The van der Waals surface area contributed by atoms with E-state index in [2.05, 4.69) is 34.0 Å². The van der Waals surface area contributed by atoms with Crippen LogP contribution in [-0.4, -0.2) is 16.7 Å². The number of ether oxygens (including phenoxy) is 1. The van der Waals surface area contributed by atoms with Crippen LogP contribution in [0.5, 0.6) is 5.75 Å². The number of hydrogen-bond acceptors (Lipinski definition) is 4. The topological polar surface area (TPSA) is 56.1 Å². The van der Waals surface area contributed by atoms with E-state index in [4.69, 9.17) is 9.72 Å². The van der Waals surface area contributed by atoms with Crippen molar-refractivity contribution in [2.75, 3.05) is 12.4 Å². The summed E-state index contributed by atoms with van der Waals surface area (Å²) >= 11 is 2.22. The van der Waals surface area contributed by atoms with Crippen LogP contribution in [0, 0.1) is 17.4 Å². The summed E-state index contributed by atoms with van der Waals surface area (Å²) in [5, 5.41) is 3.97. The first-order valence-corrected chi connectivity index (χ1v) is 10.7. The normalized spacial score (nSPS) is 10.9. The molecule has 0 saturated heterocycles. The van der Waals surface area contributed by atoms with Crippen LogP contribution in [0.4, 0.5) is 5.95 Å². The third-order valence-electron chi connectivity index (χ3n) is 4.90. The van der Waals surface area contributed by atoms with E-state index in [1.54, 1.807) is 11.7 Å². The van der Waals surface area contributed by atoms with Crippen LogP contribution < -0.4 is 15.6 Å². The molecule has 0 spiro atoms. The van der Waals surface area contributed by atoms with Crippen molar-refractivity contribution < 1.29 is 4.74 Å². The average Bonchev–Trinajstić information content (AvgIpc) is 2.72. The monoisotopic (exact) mass is 511 g/mol. The van der Waals surface area contributed by atoms with Gasteiger partial charge in [-0.1, -0.05) is 18.2 Å². The zero-order chi connectivity index (χ0) is 21.3. The van der Waals surface area contributed by atoms with Crippen molar-refractivity contribution in [3.63, 3.8) is 0 Å². The van der Waals surface area contributed by atoms with Crippen LogP contribution in [0.25, 0.3) is 16.6 Å². The van der Waals surface area contributed by atoms with Gasteiger partial charge >= 0.3 is 0 Å². The standard InChI is InChI=1S/C24H22IN3O2/c1-15-10-16(2)12-19(11-15)28-23(29)21-13-18(25)6-9-22(21)27-24(28)26-14-17-4-7-20(30-3)8-5-17/h4-13H,14H2,1-3H3,(H,26,27). The van der Waals surface area contributed by atoms with Crippen molar-refractivity contribution in [1.82, 2.24) is 9.55 Å². The summed E-state index contributed by atoms with van der Waals surface area (Å²) < 4.78 is 7.90. The molecule has 1 heterocycles. The van der Waals surface area contributed by atoms with E-state index in [1.807, 2.05) is 68.4 Å². The van der Waals surface area contributed by atoms with Crippen LogP contribution >= 0.6 is 22.6 Å². The number of aryl methyl sites for hydroxylation is 2. The molecule has 0 aliphatic heterocycles. The SMILES string of the molecule is COc1ccc(CNc2nc3ccc(I)cc3c(=O)n2-c2cc(C)cc(C)c2)cc1. The number of nitrogens with zero attached hydrogens (tertiary/aromatic N) is 2. The molecule has 0 fully saturated rings. The predicted octanol–water partition coefficient (Wildman–Crippen LogP) is 5.23. The van der Waals surface area contributed by atoms with E-state index >= 15 is 0 Å². The number of anilines is 1. The fraction of sp³-hybridized carbons (Fsp3) is 0.167. The first kappa shape index (κ1) is 20.4. The van der Waals surface area contributed by atoms with Crippen molar-refractivity contribution in [2.45, 2.75) is 20.4 Å². The second-order valence-corrected chi connectivity index (χ2v) is 8.53. The third kappa shape index (κ3) is 4.18. The van der Waals surface area contributed by atoms with Gasteiger partial charge in [-0.15, -0.1) is 0 Å². The van der Waals surface area contributed by atoms with Crippen molar-refractivity contribution in [3.05, 3.63) is 91.3 Å². The van der Waals surface area contributed by atoms with Crippen molar-refractivity contribution in [1.29, 1.82) is 0 Å². The molecule has 4 rings (SSSR count). The predicted molar refractivity (Wildman–Crippen MR) is 130 cm³/mol. The molecule has 0 aliphatic rings. The third-order valence-corrected chi connectivity index (χ3v) is 5.58. The Morgan fingerprint density at radius 2 is 1.70 bits per heavy atom. The molecule has 0 saturated carbocycles. The maximum absolute atomic E-state index is 13.5. The summed E-state index contributed by atoms with van der Waals surface area (Å²) in [5.41, 5.74) is 4.67. The summed E-state index contributed by atoms with van der Waals surface area (Å²) in [5.74, 6) is 1.33. The molecule has 5 nitrogen and oxygen atoms in total. The lowest BCUT2D eigenvalue weighted by Gasteiger charge is -2.16. The lowest BCUT2D eigenvalue weighted by Crippen LogP contribution is -2.24. The Morgan fingerprint density at radius 1 is 1.00 bits per heavy atom. The molecular formula is C24H22IN3O2. The molecule has 0 atom stereocenters. The second-order valence-electron chi connectivity index (χ2n) is 7.28. The lowest BCUT2D eigenvalue weighted by molar-refractivity contribution is 0.414. The number of benzene rings is 3. The minimum atomic E-state index is -0.0826. The van der Waals surface area contributed by atoms with Gasteiger partial charge in [-0.3, -0.25) is 4.79 Å². The molecular weight excluding hydrogens is 489 g/mol. The van der Waals surface area contributed by atoms with E-state index in [0.29, 0.717) is 23.4 Å². The number of methoxy groups -OCH3 is 1. The van der Waals surface area contributed by atoms with Gasteiger partial charge in [-0.2, -0.15) is 0 Å². The number of fused-ring (bicyclic) bond motifs is 1. The zero-order valence-electron chi connectivity index (χ0n) is 17.1. The van der Waals surface area contributed by atoms with E-state index in [-0.39, 0.29) is 5.56 Å². The smallest absolute Gasteiger partial charge is 0.267 e. The molecule has 4 aromatic rings. The van der Waals surface area contributed by atoms with Crippen LogP contribution in [0.3, 0.4) is 0 Å². The van der Waals surface area contributed by atoms with Gasteiger partial charge in [-0.05, 0) is 95.6 Å². The maximum Gasteiger partial charge on any atom is 0.267 e. The van der Waals surface area contributed by atoms with Crippen LogP contribution in [0.15, 0.2) is 65.5 Å². The van der Waals surface area contributed by atoms with E-state index < -0.39 is 0 Å². The van der Waals surface area contributed by atoms with Gasteiger partial charge in [0.2, 0.25) is 5.95 Å². The second kappa shape index (κ2) is 8.47. The molecule has 0 bridgehead atoms. The Kier molecular flexibility index (Phi) is 5.76. The summed E-state index contributed by atoms with van der Waals surface area (Å²) in [6.07, 6.45) is 0. The van der Waals surface area contributed by atoms with E-state index in [9.17, 15) is 4.79 Å². The molecule has 1 N–H and O–H groups in total. The average molecular weight is 511 g/mol. The highest BCUT2D eigenvalue weighted by atomic mass is 127. The summed E-state index contributed by atoms with van der Waals surface area (Å²) in [6, 6.07) is 19.7. The quantitative estimate of drug-likeness (QED) is 0.373. The summed E-state index contributed by atoms with van der Waals surface area (Å²) in [4.78, 5) is 18.3. The zero-order valence-corrected chi connectivity index (χ0v) is 19.2. The molecule has 6 heteroatoms. The van der Waals surface area contributed by atoms with Crippen molar-refractivity contribution in [2.24, 2.45) is 0 Å². The van der Waals surface area contributed by atoms with Gasteiger partial charge in [0.15, 0.2) is 0 Å². The largest absolute Gasteiger partial charge is 0.497 e. The van der Waals surface area contributed by atoms with E-state index in [1.165, 1.54) is 0 Å². The molecule has 1 aromatic heterocycles. The van der Waals surface area contributed by atoms with Crippen LogP contribution in [0.1, 0.15) is 16.7 Å². The first-order valence-electron chi connectivity index (χ1n) is 9.62. The molecule has 0 unspecified atom stereocenters. The van der Waals surface area contributed by atoms with Crippen molar-refractivity contribution in [3.8, 4) is 11.4 Å². The van der Waals surface area contributed by atoms with Gasteiger partial charge in [0.25, 0.3) is 5.56 Å². The van der Waals surface area contributed by atoms with Gasteiger partial charge in [0.1, 0.15) is 5.75 Å². The Labute approximate surface area is 188 Å². The van der Waals surface area contributed by atoms with Crippen molar-refractivity contribution >= 4 is 39.4 Å². The van der Waals surface area contributed by atoms with Gasteiger partial charge in [0, 0.05) is 10.1 Å². The number of aromatic nitrogens is 2. The minimum absolute atomic E-state index is 0.0826. The fourth-order valence-electron chi connectivity index (χ4n) is 3.52. The van der Waals surface area contributed by atoms with E-state index in [0.717, 1.165) is 31.7 Å². The fourth-order valence-corrected chi connectivity index (χ4v) is 4.01. The Bertz CT molecular complexity index is 1260. The minimum Gasteiger partial charge on any atom is -0.497 e. The summed E-state index contributed by atoms with van der Waals surface area (Å²) in [6.45, 7) is 4.60. The number of rotatable bonds is 5. The molecule has 30 heavy (non-hydrogen) atoms. The molecule has 0 radical (unpaired) electrons. The first-order chi connectivity index (χ1) is 14.4. The number of nitrogens with one attached hydrogen (secondary N) is 1. The Morgan fingerprint density at radius 3 is 2.37 bits per heavy atom. The highest BCUT2D eigenvalue weighted by Crippen LogP contribution is 2.21. The highest BCUT2D eigenvalue weighted by molar-refractivity contribution is 14.1. The number of hydrogen-bond donors (Lipinski definition) is 1. The summed E-state index contributed by atoms with van der Waals surface area (Å²) in [7, 11) is 1.65. The molecule has 152 valence electrons. The number of halogens is 1. The lowest BCUT2D eigenvalue weighted by atomic mass is 10.1. The Hall–Kier alpha value is -2.87. The highest BCUT2D eigenvalue weighted by Gasteiger charge is 2.14. The Balaban J connectivity index is 1.83. The van der Waals surface area contributed by atoms with Crippen LogP contribution in [-0.2, 0) is 6.54 Å².